The highest BCUT2D eigenvalue weighted by Gasteiger charge is 2.42. The van der Waals surface area contributed by atoms with Crippen LogP contribution in [0.2, 0.25) is 0 Å². The van der Waals surface area contributed by atoms with Gasteiger partial charge in [-0.3, -0.25) is 4.79 Å². The van der Waals surface area contributed by atoms with Crippen molar-refractivity contribution in [3.05, 3.63) is 0 Å². The number of hydrogen-bond donors (Lipinski definition) is 3. The molecular formula is C14H25N3O2S. The zero-order valence-electron chi connectivity index (χ0n) is 12.3. The Hall–Kier alpha value is -0.910. The van der Waals surface area contributed by atoms with Crippen molar-refractivity contribution in [2.75, 3.05) is 12.3 Å². The fraction of sp³-hybridized carbons (Fsp3) is 0.857. The maximum Gasteiger partial charge on any atom is 0.315 e. The van der Waals surface area contributed by atoms with E-state index in [1.165, 1.54) is 0 Å². The van der Waals surface area contributed by atoms with Gasteiger partial charge in [0.1, 0.15) is 0 Å². The normalized spacial score (nSPS) is 28.1. The van der Waals surface area contributed by atoms with Crippen LogP contribution in [0, 0.1) is 5.92 Å². The van der Waals surface area contributed by atoms with Crippen LogP contribution in [0.1, 0.15) is 39.5 Å². The molecule has 0 aromatic carbocycles. The van der Waals surface area contributed by atoms with Crippen LogP contribution in [0.25, 0.3) is 0 Å². The molecule has 3 atom stereocenters. The van der Waals surface area contributed by atoms with E-state index in [1.54, 1.807) is 0 Å². The molecule has 2 aliphatic rings. The minimum atomic E-state index is -0.0293. The summed E-state index contributed by atoms with van der Waals surface area (Å²) in [6.07, 6.45) is 3.67. The van der Waals surface area contributed by atoms with E-state index in [9.17, 15) is 9.59 Å². The van der Waals surface area contributed by atoms with Gasteiger partial charge in [-0.1, -0.05) is 20.3 Å². The van der Waals surface area contributed by atoms with Crippen LogP contribution in [0.3, 0.4) is 0 Å². The van der Waals surface area contributed by atoms with Crippen LogP contribution in [0.15, 0.2) is 0 Å². The van der Waals surface area contributed by atoms with E-state index in [2.05, 4.69) is 29.8 Å². The number of carbonyl (C=O) groups excluding carboxylic acids is 2. The minimum Gasteiger partial charge on any atom is -0.356 e. The van der Waals surface area contributed by atoms with Gasteiger partial charge >= 0.3 is 6.03 Å². The summed E-state index contributed by atoms with van der Waals surface area (Å²) in [6.45, 7) is 4.95. The highest BCUT2D eigenvalue weighted by atomic mass is 32.2. The molecule has 0 radical (unpaired) electrons. The third kappa shape index (κ3) is 4.30. The number of rotatable bonds is 7. The number of fused-ring (bicyclic) bond motifs is 1. The van der Waals surface area contributed by atoms with Gasteiger partial charge < -0.3 is 16.0 Å². The van der Waals surface area contributed by atoms with E-state index in [0.29, 0.717) is 23.6 Å². The summed E-state index contributed by atoms with van der Waals surface area (Å²) in [5.41, 5.74) is 0. The molecule has 0 spiro atoms. The molecular weight excluding hydrogens is 274 g/mol. The molecule has 0 aromatic heterocycles. The van der Waals surface area contributed by atoms with Crippen molar-refractivity contribution in [1.29, 1.82) is 0 Å². The predicted molar refractivity (Wildman–Crippen MR) is 81.8 cm³/mol. The van der Waals surface area contributed by atoms with Crippen molar-refractivity contribution < 1.29 is 9.59 Å². The van der Waals surface area contributed by atoms with E-state index >= 15 is 0 Å². The van der Waals surface area contributed by atoms with Crippen LogP contribution in [-0.2, 0) is 4.79 Å². The van der Waals surface area contributed by atoms with Crippen molar-refractivity contribution in [2.45, 2.75) is 56.9 Å². The first-order valence-corrected chi connectivity index (χ1v) is 8.56. The van der Waals surface area contributed by atoms with Gasteiger partial charge in [-0.25, -0.2) is 4.79 Å². The first-order chi connectivity index (χ1) is 9.56. The number of urea groups is 1. The zero-order valence-corrected chi connectivity index (χ0v) is 13.1. The number of thioether (sulfide) groups is 1. The van der Waals surface area contributed by atoms with Gasteiger partial charge in [0.2, 0.25) is 5.91 Å². The molecule has 2 heterocycles. The lowest BCUT2D eigenvalue weighted by atomic mass is 10.0. The first-order valence-electron chi connectivity index (χ1n) is 7.51. The monoisotopic (exact) mass is 299 g/mol. The van der Waals surface area contributed by atoms with Gasteiger partial charge in [0.05, 0.1) is 12.1 Å². The quantitative estimate of drug-likeness (QED) is 0.493. The van der Waals surface area contributed by atoms with Gasteiger partial charge in [-0.05, 0) is 18.8 Å². The molecule has 20 heavy (non-hydrogen) atoms. The Morgan fingerprint density at radius 1 is 1.40 bits per heavy atom. The summed E-state index contributed by atoms with van der Waals surface area (Å²) >= 11 is 1.93. The van der Waals surface area contributed by atoms with Crippen LogP contribution in [-0.4, -0.2) is 41.6 Å². The third-order valence-corrected chi connectivity index (χ3v) is 5.30. The average Bonchev–Trinajstić information content (AvgIpc) is 2.92. The number of carbonyl (C=O) groups is 2. The molecule has 0 saturated carbocycles. The summed E-state index contributed by atoms with van der Waals surface area (Å²) in [5.74, 6) is 1.67. The lowest BCUT2D eigenvalue weighted by molar-refractivity contribution is -0.121. The molecule has 5 nitrogen and oxygen atoms in total. The number of unbranched alkanes of at least 4 members (excludes halogenated alkanes) is 1. The van der Waals surface area contributed by atoms with Crippen molar-refractivity contribution in [3.63, 3.8) is 0 Å². The maximum atomic E-state index is 11.6. The SMILES string of the molecule is CC(C)CNC(=O)CCCC[C@@H]1SC[C@@H]2NC(=O)N[C@@H]21. The van der Waals surface area contributed by atoms with Crippen LogP contribution in [0.4, 0.5) is 4.79 Å². The fourth-order valence-corrected chi connectivity index (χ4v) is 4.22. The van der Waals surface area contributed by atoms with Crippen LogP contribution in [0.5, 0.6) is 0 Å². The second kappa shape index (κ2) is 7.20. The highest BCUT2D eigenvalue weighted by Crippen LogP contribution is 2.33. The average molecular weight is 299 g/mol. The van der Waals surface area contributed by atoms with Crippen molar-refractivity contribution >= 4 is 23.7 Å². The molecule has 2 fully saturated rings. The van der Waals surface area contributed by atoms with Gasteiger partial charge in [-0.15, -0.1) is 0 Å². The molecule has 114 valence electrons. The van der Waals surface area contributed by atoms with Crippen molar-refractivity contribution in [3.8, 4) is 0 Å². The van der Waals surface area contributed by atoms with Crippen molar-refractivity contribution in [1.82, 2.24) is 16.0 Å². The van der Waals surface area contributed by atoms with Gasteiger partial charge in [0, 0.05) is 24.0 Å². The van der Waals surface area contributed by atoms with E-state index in [0.717, 1.165) is 31.6 Å². The topological polar surface area (TPSA) is 70.2 Å². The molecule has 3 amide bonds. The molecule has 6 heteroatoms. The van der Waals surface area contributed by atoms with E-state index in [-0.39, 0.29) is 18.0 Å². The molecule has 2 saturated heterocycles. The van der Waals surface area contributed by atoms with Gasteiger partial charge in [0.25, 0.3) is 0 Å². The minimum absolute atomic E-state index is 0.0293. The lowest BCUT2D eigenvalue weighted by Gasteiger charge is -2.16. The largest absolute Gasteiger partial charge is 0.356 e. The molecule has 3 N–H and O–H groups in total. The Balaban J connectivity index is 1.57. The highest BCUT2D eigenvalue weighted by molar-refractivity contribution is 8.00. The number of hydrogen-bond acceptors (Lipinski definition) is 3. The van der Waals surface area contributed by atoms with Gasteiger partial charge in [0.15, 0.2) is 0 Å². The smallest absolute Gasteiger partial charge is 0.315 e. The Kier molecular flexibility index (Phi) is 5.57. The molecule has 0 aliphatic carbocycles. The summed E-state index contributed by atoms with van der Waals surface area (Å²) in [6, 6.07) is 0.549. The lowest BCUT2D eigenvalue weighted by Crippen LogP contribution is -2.36. The fourth-order valence-electron chi connectivity index (χ4n) is 2.68. The Labute approximate surface area is 125 Å². The second-order valence-electron chi connectivity index (χ2n) is 6.07. The first kappa shape index (κ1) is 15.5. The molecule has 0 aromatic rings. The predicted octanol–water partition coefficient (Wildman–Crippen LogP) is 1.48. The van der Waals surface area contributed by atoms with E-state index in [4.69, 9.17) is 0 Å². The Morgan fingerprint density at radius 2 is 2.20 bits per heavy atom. The summed E-state index contributed by atoms with van der Waals surface area (Å²) in [7, 11) is 0. The summed E-state index contributed by atoms with van der Waals surface area (Å²) in [5, 5.41) is 9.38. The zero-order chi connectivity index (χ0) is 14.5. The molecule has 2 aliphatic heterocycles. The molecule has 0 unspecified atom stereocenters. The van der Waals surface area contributed by atoms with E-state index < -0.39 is 0 Å². The van der Waals surface area contributed by atoms with Crippen molar-refractivity contribution in [2.24, 2.45) is 5.92 Å². The summed E-state index contributed by atoms with van der Waals surface area (Å²) < 4.78 is 0. The van der Waals surface area contributed by atoms with Crippen LogP contribution < -0.4 is 16.0 Å². The Bertz CT molecular complexity index is 362. The standard InChI is InChI=1S/C14H25N3O2S/c1-9(2)7-15-12(18)6-4-3-5-11-13-10(8-20-11)16-14(19)17-13/h9-11,13H,3-8H2,1-2H3,(H,15,18)(H2,16,17,19)/t10-,11-,13-/m0/s1. The molecule has 2 rings (SSSR count). The summed E-state index contributed by atoms with van der Waals surface area (Å²) in [4.78, 5) is 22.8. The number of amides is 3. The maximum absolute atomic E-state index is 11.6. The van der Waals surface area contributed by atoms with Gasteiger partial charge in [-0.2, -0.15) is 11.8 Å². The second-order valence-corrected chi connectivity index (χ2v) is 7.34. The number of nitrogens with one attached hydrogen (secondary N) is 3. The van der Waals surface area contributed by atoms with E-state index in [1.807, 2.05) is 11.8 Å². The third-order valence-electron chi connectivity index (χ3n) is 3.79. The van der Waals surface area contributed by atoms with Crippen LogP contribution >= 0.6 is 11.8 Å². The Morgan fingerprint density at radius 3 is 2.95 bits per heavy atom. The molecule has 0 bridgehead atoms.